The molecule has 8 heteroatoms. The molecule has 4 rings (SSSR count). The summed E-state index contributed by atoms with van der Waals surface area (Å²) in [6, 6.07) is 15.6. The van der Waals surface area contributed by atoms with E-state index < -0.39 is 0 Å². The van der Waals surface area contributed by atoms with Crippen LogP contribution in [0.15, 0.2) is 59.4 Å². The summed E-state index contributed by atoms with van der Waals surface area (Å²) >= 11 is 9.00. The lowest BCUT2D eigenvalue weighted by molar-refractivity contribution is -0.121. The molecule has 0 bridgehead atoms. The lowest BCUT2D eigenvalue weighted by Gasteiger charge is -2.18. The third-order valence-electron chi connectivity index (χ3n) is 4.88. The standard InChI is InChI=1S/C22H20ClN3O2S2/c23-17-6-4-14(5-7-17)15-2-1-3-16(10-15)20-22(28)26-18(8-9-30-20)11-24-21(27)19-12-29-13-25-19/h1-7,10,12-13,18,20H,8-9,11H2,(H,24,27)(H,26,28)/t18-,20+/m0/s1. The molecule has 1 aliphatic rings. The van der Waals surface area contributed by atoms with Crippen molar-refractivity contribution in [1.82, 2.24) is 15.6 Å². The maximum atomic E-state index is 12.9. The maximum absolute atomic E-state index is 12.9. The average molecular weight is 458 g/mol. The van der Waals surface area contributed by atoms with Gasteiger partial charge in [0.05, 0.1) is 5.51 Å². The quantitative estimate of drug-likeness (QED) is 0.589. The number of carbonyl (C=O) groups excluding carboxylic acids is 2. The fraction of sp³-hybridized carbons (Fsp3) is 0.227. The van der Waals surface area contributed by atoms with Gasteiger partial charge in [-0.3, -0.25) is 9.59 Å². The van der Waals surface area contributed by atoms with Crippen molar-refractivity contribution < 1.29 is 9.59 Å². The Morgan fingerprint density at radius 1 is 1.20 bits per heavy atom. The van der Waals surface area contributed by atoms with Crippen LogP contribution in [0, 0.1) is 0 Å². The summed E-state index contributed by atoms with van der Waals surface area (Å²) in [6.45, 7) is 0.389. The van der Waals surface area contributed by atoms with Crippen LogP contribution in [-0.4, -0.2) is 35.1 Å². The topological polar surface area (TPSA) is 71.1 Å². The largest absolute Gasteiger partial charge is 0.350 e. The number of thioether (sulfide) groups is 1. The number of benzene rings is 2. The summed E-state index contributed by atoms with van der Waals surface area (Å²) in [5, 5.41) is 8.07. The Morgan fingerprint density at radius 2 is 2.03 bits per heavy atom. The first-order chi connectivity index (χ1) is 14.6. The first-order valence-electron chi connectivity index (χ1n) is 9.54. The van der Waals surface area contributed by atoms with E-state index in [2.05, 4.69) is 21.7 Å². The van der Waals surface area contributed by atoms with Crippen molar-refractivity contribution in [3.8, 4) is 11.1 Å². The van der Waals surface area contributed by atoms with Crippen molar-refractivity contribution >= 4 is 46.5 Å². The van der Waals surface area contributed by atoms with Gasteiger partial charge in [-0.05, 0) is 47.1 Å². The van der Waals surface area contributed by atoms with Gasteiger partial charge >= 0.3 is 0 Å². The summed E-state index contributed by atoms with van der Waals surface area (Å²) in [4.78, 5) is 29.0. The van der Waals surface area contributed by atoms with E-state index in [0.717, 1.165) is 28.9 Å². The van der Waals surface area contributed by atoms with Crippen LogP contribution in [-0.2, 0) is 4.79 Å². The number of aromatic nitrogens is 1. The van der Waals surface area contributed by atoms with Crippen LogP contribution in [0.3, 0.4) is 0 Å². The Kier molecular flexibility index (Phi) is 6.72. The van der Waals surface area contributed by atoms with Crippen molar-refractivity contribution in [3.05, 3.63) is 75.7 Å². The van der Waals surface area contributed by atoms with Gasteiger partial charge in [0.15, 0.2) is 0 Å². The van der Waals surface area contributed by atoms with Gasteiger partial charge in [0.1, 0.15) is 10.9 Å². The minimum Gasteiger partial charge on any atom is -0.350 e. The number of nitrogens with zero attached hydrogens (tertiary/aromatic N) is 1. The van der Waals surface area contributed by atoms with Crippen LogP contribution in [0.25, 0.3) is 11.1 Å². The molecule has 3 aromatic rings. The zero-order valence-corrected chi connectivity index (χ0v) is 18.4. The minimum atomic E-state index is -0.281. The highest BCUT2D eigenvalue weighted by molar-refractivity contribution is 8.00. The number of rotatable bonds is 5. The third-order valence-corrected chi connectivity index (χ3v) is 7.01. The molecule has 2 N–H and O–H groups in total. The molecule has 2 aromatic carbocycles. The van der Waals surface area contributed by atoms with Crippen LogP contribution in [0.2, 0.25) is 5.02 Å². The second-order valence-electron chi connectivity index (χ2n) is 6.96. The lowest BCUT2D eigenvalue weighted by atomic mass is 10.0. The van der Waals surface area contributed by atoms with Gasteiger partial charge in [0.2, 0.25) is 5.91 Å². The highest BCUT2D eigenvalue weighted by Gasteiger charge is 2.28. The summed E-state index contributed by atoms with van der Waals surface area (Å²) in [6.07, 6.45) is 0.793. The predicted octanol–water partition coefficient (Wildman–Crippen LogP) is 4.56. The van der Waals surface area contributed by atoms with E-state index in [1.54, 1.807) is 22.7 Å². The number of halogens is 1. The fourth-order valence-corrected chi connectivity index (χ4v) is 5.18. The molecule has 154 valence electrons. The van der Waals surface area contributed by atoms with Gasteiger partial charge < -0.3 is 10.6 Å². The molecule has 1 aromatic heterocycles. The second kappa shape index (κ2) is 9.64. The van der Waals surface area contributed by atoms with E-state index in [-0.39, 0.29) is 23.1 Å². The fourth-order valence-electron chi connectivity index (χ4n) is 3.31. The van der Waals surface area contributed by atoms with Gasteiger partial charge in [-0.2, -0.15) is 0 Å². The van der Waals surface area contributed by atoms with Crippen molar-refractivity contribution in [3.63, 3.8) is 0 Å². The summed E-state index contributed by atoms with van der Waals surface area (Å²) in [5.41, 5.74) is 5.11. The van der Waals surface area contributed by atoms with Crippen LogP contribution in [0.5, 0.6) is 0 Å². The third kappa shape index (κ3) is 5.03. The molecule has 0 saturated carbocycles. The van der Waals surface area contributed by atoms with E-state index >= 15 is 0 Å². The van der Waals surface area contributed by atoms with E-state index in [9.17, 15) is 9.59 Å². The molecule has 0 unspecified atom stereocenters. The smallest absolute Gasteiger partial charge is 0.270 e. The van der Waals surface area contributed by atoms with E-state index in [4.69, 9.17) is 11.6 Å². The summed E-state index contributed by atoms with van der Waals surface area (Å²) in [7, 11) is 0. The van der Waals surface area contributed by atoms with E-state index in [0.29, 0.717) is 17.3 Å². The average Bonchev–Trinajstić information content (AvgIpc) is 3.23. The number of carbonyl (C=O) groups is 2. The molecule has 2 atom stereocenters. The molecule has 30 heavy (non-hydrogen) atoms. The molecule has 1 fully saturated rings. The second-order valence-corrected chi connectivity index (χ2v) is 9.33. The van der Waals surface area contributed by atoms with Gasteiger partial charge in [-0.1, -0.05) is 41.9 Å². The minimum absolute atomic E-state index is 0.0290. The number of amides is 2. The molecule has 5 nitrogen and oxygen atoms in total. The number of nitrogens with one attached hydrogen (secondary N) is 2. The first-order valence-corrected chi connectivity index (χ1v) is 11.9. The van der Waals surface area contributed by atoms with Gasteiger partial charge in [-0.25, -0.2) is 4.98 Å². The van der Waals surface area contributed by atoms with Gasteiger partial charge in [0, 0.05) is 23.0 Å². The van der Waals surface area contributed by atoms with Crippen molar-refractivity contribution in [1.29, 1.82) is 0 Å². The van der Waals surface area contributed by atoms with Gasteiger partial charge in [0.25, 0.3) is 5.91 Å². The maximum Gasteiger partial charge on any atom is 0.270 e. The van der Waals surface area contributed by atoms with Gasteiger partial charge in [-0.15, -0.1) is 23.1 Å². The highest BCUT2D eigenvalue weighted by atomic mass is 35.5. The van der Waals surface area contributed by atoms with Crippen LogP contribution < -0.4 is 10.6 Å². The normalized spacial score (nSPS) is 19.0. The monoisotopic (exact) mass is 457 g/mol. The van der Waals surface area contributed by atoms with Crippen molar-refractivity contribution in [2.75, 3.05) is 12.3 Å². The van der Waals surface area contributed by atoms with Crippen LogP contribution >= 0.6 is 34.7 Å². The van der Waals surface area contributed by atoms with Crippen molar-refractivity contribution in [2.45, 2.75) is 17.7 Å². The SMILES string of the molecule is O=C(NC[C@@H]1CCS[C@H](c2cccc(-c3ccc(Cl)cc3)c2)C(=O)N1)c1cscn1. The molecule has 0 radical (unpaired) electrons. The zero-order valence-electron chi connectivity index (χ0n) is 16.0. The molecule has 1 aliphatic heterocycles. The van der Waals surface area contributed by atoms with E-state index in [1.165, 1.54) is 11.3 Å². The number of hydrogen-bond acceptors (Lipinski definition) is 5. The molecule has 0 aliphatic carbocycles. The first kappa shape index (κ1) is 20.9. The van der Waals surface area contributed by atoms with Crippen molar-refractivity contribution in [2.24, 2.45) is 0 Å². The highest BCUT2D eigenvalue weighted by Crippen LogP contribution is 2.34. The number of thiazole rings is 1. The Morgan fingerprint density at radius 3 is 2.80 bits per heavy atom. The molecular weight excluding hydrogens is 438 g/mol. The lowest BCUT2D eigenvalue weighted by Crippen LogP contribution is -2.43. The molecule has 1 saturated heterocycles. The Bertz CT molecular complexity index is 1030. The summed E-state index contributed by atoms with van der Waals surface area (Å²) < 4.78 is 0. The van der Waals surface area contributed by atoms with Crippen LogP contribution in [0.4, 0.5) is 0 Å². The molecule has 2 amide bonds. The molecular formula is C22H20ClN3O2S2. The molecule has 0 spiro atoms. The summed E-state index contributed by atoms with van der Waals surface area (Å²) in [5.74, 6) is 0.583. The van der Waals surface area contributed by atoms with Crippen LogP contribution in [0.1, 0.15) is 27.7 Å². The molecule has 2 heterocycles. The Labute approximate surface area is 188 Å². The predicted molar refractivity (Wildman–Crippen MR) is 123 cm³/mol. The number of hydrogen-bond donors (Lipinski definition) is 2. The van der Waals surface area contributed by atoms with E-state index in [1.807, 2.05) is 42.5 Å². The zero-order chi connectivity index (χ0) is 20.9. The Hall–Kier alpha value is -2.35. The Balaban J connectivity index is 1.42.